The minimum atomic E-state index is -0.691. The summed E-state index contributed by atoms with van der Waals surface area (Å²) in [7, 11) is 0. The highest BCUT2D eigenvalue weighted by Crippen LogP contribution is 2.71. The SMILES string of the molecule is C=CCOC(=O)[C@@H]1[C@H]2C(=O)N(CCCCCCO)C(C(=O)N(CC=C)c3cc(C)ccc3C)C23CC[C@@]1(C)S3. The van der Waals surface area contributed by atoms with E-state index in [0.29, 0.717) is 25.9 Å². The first-order valence-electron chi connectivity index (χ1n) is 14.0. The van der Waals surface area contributed by atoms with Crippen LogP contribution in [0.4, 0.5) is 5.69 Å². The van der Waals surface area contributed by atoms with E-state index in [4.69, 9.17) is 9.84 Å². The number of nitrogens with zero attached hydrogens (tertiary/aromatic N) is 2. The van der Waals surface area contributed by atoms with Gasteiger partial charge >= 0.3 is 5.97 Å². The van der Waals surface area contributed by atoms with E-state index in [-0.39, 0.29) is 31.0 Å². The van der Waals surface area contributed by atoms with Crippen LogP contribution in [0.3, 0.4) is 0 Å². The van der Waals surface area contributed by atoms with Gasteiger partial charge < -0.3 is 19.6 Å². The molecule has 3 heterocycles. The molecule has 3 fully saturated rings. The van der Waals surface area contributed by atoms with Gasteiger partial charge in [0.1, 0.15) is 12.6 Å². The third-order valence-corrected chi connectivity index (χ3v) is 10.6. The number of aliphatic hydroxyl groups is 1. The molecule has 39 heavy (non-hydrogen) atoms. The van der Waals surface area contributed by atoms with Crippen LogP contribution >= 0.6 is 11.8 Å². The van der Waals surface area contributed by atoms with Gasteiger partial charge in [0.15, 0.2) is 0 Å². The maximum Gasteiger partial charge on any atom is 0.311 e. The van der Waals surface area contributed by atoms with Crippen molar-refractivity contribution in [1.29, 1.82) is 0 Å². The van der Waals surface area contributed by atoms with E-state index in [9.17, 15) is 14.4 Å². The molecule has 1 aromatic rings. The number of carbonyl (C=O) groups excluding carboxylic acids is 3. The lowest BCUT2D eigenvalue weighted by atomic mass is 9.66. The second-order valence-electron chi connectivity index (χ2n) is 11.3. The van der Waals surface area contributed by atoms with Crippen LogP contribution in [0.25, 0.3) is 0 Å². The monoisotopic (exact) mass is 554 g/mol. The molecule has 3 aliphatic heterocycles. The van der Waals surface area contributed by atoms with Crippen LogP contribution in [-0.2, 0) is 19.1 Å². The number of anilines is 1. The van der Waals surface area contributed by atoms with E-state index in [1.807, 2.05) is 39.0 Å². The summed E-state index contributed by atoms with van der Waals surface area (Å²) in [5, 5.41) is 9.17. The lowest BCUT2D eigenvalue weighted by molar-refractivity contribution is -0.154. The van der Waals surface area contributed by atoms with Crippen molar-refractivity contribution in [2.24, 2.45) is 11.8 Å². The summed E-state index contributed by atoms with van der Waals surface area (Å²) in [4.78, 5) is 45.8. The van der Waals surface area contributed by atoms with Gasteiger partial charge in [-0.05, 0) is 63.6 Å². The number of unbranched alkanes of at least 4 members (excludes halogenated alkanes) is 3. The Labute approximate surface area is 236 Å². The number of rotatable bonds is 13. The largest absolute Gasteiger partial charge is 0.461 e. The fraction of sp³-hybridized carbons (Fsp3) is 0.581. The van der Waals surface area contributed by atoms with Gasteiger partial charge in [0.2, 0.25) is 5.91 Å². The van der Waals surface area contributed by atoms with Gasteiger partial charge in [-0.3, -0.25) is 14.4 Å². The number of ether oxygens (including phenoxy) is 1. The average Bonchev–Trinajstić information content (AvgIpc) is 3.47. The molecule has 1 N–H and O–H groups in total. The van der Waals surface area contributed by atoms with Crippen LogP contribution in [0.2, 0.25) is 0 Å². The normalized spacial score (nSPS) is 28.9. The molecule has 3 aliphatic rings. The molecule has 5 atom stereocenters. The highest BCUT2D eigenvalue weighted by molar-refractivity contribution is 8.02. The van der Waals surface area contributed by atoms with E-state index in [2.05, 4.69) is 13.2 Å². The third-order valence-electron chi connectivity index (χ3n) is 8.65. The summed E-state index contributed by atoms with van der Waals surface area (Å²) in [5.41, 5.74) is 2.84. The third kappa shape index (κ3) is 5.18. The van der Waals surface area contributed by atoms with E-state index in [1.54, 1.807) is 27.6 Å². The average molecular weight is 555 g/mol. The second-order valence-corrected chi connectivity index (χ2v) is 13.2. The predicted molar refractivity (Wildman–Crippen MR) is 156 cm³/mol. The first-order chi connectivity index (χ1) is 18.6. The highest BCUT2D eigenvalue weighted by atomic mass is 32.2. The van der Waals surface area contributed by atoms with Crippen LogP contribution in [0.5, 0.6) is 0 Å². The Morgan fingerprint density at radius 3 is 2.62 bits per heavy atom. The number of fused-ring (bicyclic) bond motifs is 1. The fourth-order valence-corrected chi connectivity index (χ4v) is 9.21. The summed E-state index contributed by atoms with van der Waals surface area (Å²) < 4.78 is 4.36. The van der Waals surface area contributed by atoms with Crippen LogP contribution in [-0.4, -0.2) is 69.6 Å². The Bertz CT molecular complexity index is 1140. The Morgan fingerprint density at radius 1 is 1.18 bits per heavy atom. The van der Waals surface area contributed by atoms with Crippen molar-refractivity contribution in [2.75, 3.05) is 31.2 Å². The lowest BCUT2D eigenvalue weighted by Crippen LogP contribution is -2.55. The smallest absolute Gasteiger partial charge is 0.311 e. The van der Waals surface area contributed by atoms with Gasteiger partial charge in [-0.15, -0.1) is 18.3 Å². The molecular weight excluding hydrogens is 512 g/mol. The molecule has 2 unspecified atom stereocenters. The number of hydrogen-bond donors (Lipinski definition) is 1. The quantitative estimate of drug-likeness (QED) is 0.218. The Morgan fingerprint density at radius 2 is 1.92 bits per heavy atom. The number of esters is 1. The van der Waals surface area contributed by atoms with Crippen molar-refractivity contribution in [3.63, 3.8) is 0 Å². The molecule has 3 saturated heterocycles. The molecule has 1 aromatic carbocycles. The fourth-order valence-electron chi connectivity index (χ4n) is 6.88. The molecule has 0 saturated carbocycles. The molecular formula is C31H42N2O5S. The van der Waals surface area contributed by atoms with Crippen LogP contribution in [0.15, 0.2) is 43.5 Å². The van der Waals surface area contributed by atoms with Crippen molar-refractivity contribution in [2.45, 2.75) is 74.8 Å². The number of likely N-dealkylation sites (tertiary alicyclic amines) is 1. The molecule has 1 spiro atoms. The van der Waals surface area contributed by atoms with E-state index in [1.165, 1.54) is 6.08 Å². The van der Waals surface area contributed by atoms with Crippen molar-refractivity contribution >= 4 is 35.2 Å². The lowest BCUT2D eigenvalue weighted by Gasteiger charge is -2.37. The topological polar surface area (TPSA) is 87.1 Å². The molecule has 212 valence electrons. The van der Waals surface area contributed by atoms with Crippen LogP contribution in [0.1, 0.15) is 56.6 Å². The van der Waals surface area contributed by atoms with Gasteiger partial charge in [0.05, 0.1) is 16.6 Å². The van der Waals surface area contributed by atoms with Gasteiger partial charge in [0.25, 0.3) is 5.91 Å². The summed E-state index contributed by atoms with van der Waals surface area (Å²) in [6, 6.07) is 5.36. The van der Waals surface area contributed by atoms with Gasteiger partial charge in [-0.1, -0.05) is 43.7 Å². The number of carbonyl (C=O) groups is 3. The zero-order valence-electron chi connectivity index (χ0n) is 23.5. The molecule has 7 nitrogen and oxygen atoms in total. The zero-order chi connectivity index (χ0) is 28.4. The minimum absolute atomic E-state index is 0.0979. The first kappa shape index (κ1) is 29.4. The number of amides is 2. The van der Waals surface area contributed by atoms with Crippen molar-refractivity contribution in [1.82, 2.24) is 4.90 Å². The highest BCUT2D eigenvalue weighted by Gasteiger charge is 2.77. The number of thioether (sulfide) groups is 1. The number of aliphatic hydroxyl groups excluding tert-OH is 1. The van der Waals surface area contributed by atoms with E-state index < -0.39 is 27.4 Å². The van der Waals surface area contributed by atoms with Gasteiger partial charge in [0, 0.05) is 30.1 Å². The predicted octanol–water partition coefficient (Wildman–Crippen LogP) is 4.59. The van der Waals surface area contributed by atoms with Crippen LogP contribution in [0, 0.1) is 25.7 Å². The maximum atomic E-state index is 14.7. The van der Waals surface area contributed by atoms with Gasteiger partial charge in [-0.25, -0.2) is 0 Å². The minimum Gasteiger partial charge on any atom is -0.461 e. The van der Waals surface area contributed by atoms with Crippen molar-refractivity contribution < 1.29 is 24.2 Å². The summed E-state index contributed by atoms with van der Waals surface area (Å²) in [6.07, 6.45) is 7.86. The van der Waals surface area contributed by atoms with E-state index in [0.717, 1.165) is 42.5 Å². The molecule has 8 heteroatoms. The molecule has 2 bridgehead atoms. The summed E-state index contributed by atoms with van der Waals surface area (Å²) in [6.45, 7) is 14.6. The molecule has 4 rings (SSSR count). The van der Waals surface area contributed by atoms with Crippen molar-refractivity contribution in [3.05, 3.63) is 54.6 Å². The molecule has 0 aromatic heterocycles. The number of benzene rings is 1. The maximum absolute atomic E-state index is 14.7. The Hall–Kier alpha value is -2.58. The Balaban J connectivity index is 1.75. The second kappa shape index (κ2) is 11.9. The van der Waals surface area contributed by atoms with Crippen LogP contribution < -0.4 is 4.90 Å². The van der Waals surface area contributed by atoms with E-state index >= 15 is 0 Å². The summed E-state index contributed by atoms with van der Waals surface area (Å²) >= 11 is 1.66. The zero-order valence-corrected chi connectivity index (χ0v) is 24.3. The summed E-state index contributed by atoms with van der Waals surface area (Å²) in [5.74, 6) is -1.82. The Kier molecular flexibility index (Phi) is 8.96. The standard InChI is InChI=1S/C31H42N2O5S/c1-6-16-32(23-20-21(3)12-13-22(23)4)28(36)26-31-15-14-30(5,39-31)25(29(37)38-19-7-2)24(31)27(35)33(26)17-10-8-9-11-18-34/h6-7,12-13,20,24-26,34H,1-2,8-11,14-19H2,3-5H3/t24-,25-,26?,30+,31?/m0/s1. The molecule has 0 radical (unpaired) electrons. The number of aryl methyl sites for hydroxylation is 2. The molecule has 0 aliphatic carbocycles. The van der Waals surface area contributed by atoms with Crippen molar-refractivity contribution in [3.8, 4) is 0 Å². The number of hydrogen-bond acceptors (Lipinski definition) is 6. The first-order valence-corrected chi connectivity index (χ1v) is 14.9. The van der Waals surface area contributed by atoms with Gasteiger partial charge in [-0.2, -0.15) is 0 Å². The molecule has 2 amide bonds.